The molecule has 2 aromatic rings. The van der Waals surface area contributed by atoms with Crippen molar-refractivity contribution in [3.05, 3.63) is 30.0 Å². The van der Waals surface area contributed by atoms with E-state index in [1.54, 1.807) is 18.2 Å². The summed E-state index contributed by atoms with van der Waals surface area (Å²) in [5.41, 5.74) is 6.61. The van der Waals surface area contributed by atoms with Gasteiger partial charge in [-0.2, -0.15) is 0 Å². The van der Waals surface area contributed by atoms with Gasteiger partial charge in [-0.3, -0.25) is 0 Å². The van der Waals surface area contributed by atoms with Gasteiger partial charge in [-0.15, -0.1) is 0 Å². The summed E-state index contributed by atoms with van der Waals surface area (Å²) in [6.07, 6.45) is -1.06. The van der Waals surface area contributed by atoms with Crippen molar-refractivity contribution in [2.24, 2.45) is 5.73 Å². The molecule has 0 aliphatic carbocycles. The van der Waals surface area contributed by atoms with E-state index in [0.29, 0.717) is 16.7 Å². The predicted octanol–water partition coefficient (Wildman–Crippen LogP) is 2.44. The van der Waals surface area contributed by atoms with Gasteiger partial charge in [0.25, 0.3) is 6.43 Å². The summed E-state index contributed by atoms with van der Waals surface area (Å²) in [6.45, 7) is 0. The molecule has 3 nitrogen and oxygen atoms in total. The molecule has 0 aliphatic heterocycles. The highest BCUT2D eigenvalue weighted by molar-refractivity contribution is 5.85. The Hall–Kier alpha value is -1.62. The fraction of sp³-hybridized carbons (Fsp3) is 0.273. The SMILES string of the molecule is COc1ccc2[nH]cc([C@H](N)C(F)F)c2c1. The Morgan fingerprint density at radius 1 is 1.38 bits per heavy atom. The van der Waals surface area contributed by atoms with Gasteiger partial charge in [0.05, 0.1) is 13.2 Å². The first kappa shape index (κ1) is 10.9. The summed E-state index contributed by atoms with van der Waals surface area (Å²) in [5, 5.41) is 0.673. The number of nitrogens with two attached hydrogens (primary N) is 1. The standard InChI is InChI=1S/C11H12F2N2O/c1-16-6-2-3-9-7(4-6)8(5-15-9)10(14)11(12)13/h2-5,10-11,15H,14H2,1H3/t10-/m0/s1. The number of hydrogen-bond donors (Lipinski definition) is 2. The molecule has 1 aromatic carbocycles. The Bertz CT molecular complexity index is 496. The summed E-state index contributed by atoms with van der Waals surface area (Å²) in [4.78, 5) is 2.91. The van der Waals surface area contributed by atoms with E-state index in [1.807, 2.05) is 0 Å². The number of benzene rings is 1. The van der Waals surface area contributed by atoms with Crippen molar-refractivity contribution in [3.63, 3.8) is 0 Å². The molecule has 0 saturated heterocycles. The van der Waals surface area contributed by atoms with Crippen LogP contribution in [0.15, 0.2) is 24.4 Å². The van der Waals surface area contributed by atoms with Crippen LogP contribution in [0, 0.1) is 0 Å². The van der Waals surface area contributed by atoms with Crippen LogP contribution in [-0.4, -0.2) is 18.5 Å². The molecule has 0 bridgehead atoms. The number of methoxy groups -OCH3 is 1. The summed E-state index contributed by atoms with van der Waals surface area (Å²) in [7, 11) is 1.53. The minimum Gasteiger partial charge on any atom is -0.497 e. The molecule has 3 N–H and O–H groups in total. The number of nitrogens with one attached hydrogen (secondary N) is 1. The van der Waals surface area contributed by atoms with E-state index >= 15 is 0 Å². The molecule has 0 fully saturated rings. The highest BCUT2D eigenvalue weighted by atomic mass is 19.3. The molecule has 0 saturated carbocycles. The molecule has 1 aromatic heterocycles. The molecule has 0 aliphatic rings. The fourth-order valence-corrected chi connectivity index (χ4v) is 1.66. The quantitative estimate of drug-likeness (QED) is 0.844. The van der Waals surface area contributed by atoms with Gasteiger partial charge in [-0.05, 0) is 18.2 Å². The molecule has 2 rings (SSSR count). The summed E-state index contributed by atoms with van der Waals surface area (Å²) in [6, 6.07) is 3.95. The van der Waals surface area contributed by atoms with E-state index in [9.17, 15) is 8.78 Å². The van der Waals surface area contributed by atoms with Gasteiger partial charge in [0, 0.05) is 22.7 Å². The number of ether oxygens (including phenoxy) is 1. The maximum absolute atomic E-state index is 12.5. The molecule has 0 spiro atoms. The molecular weight excluding hydrogens is 214 g/mol. The summed E-state index contributed by atoms with van der Waals surface area (Å²) in [5.74, 6) is 0.620. The fourth-order valence-electron chi connectivity index (χ4n) is 1.66. The van der Waals surface area contributed by atoms with E-state index in [2.05, 4.69) is 4.98 Å². The van der Waals surface area contributed by atoms with Crippen LogP contribution < -0.4 is 10.5 Å². The van der Waals surface area contributed by atoms with Gasteiger partial charge < -0.3 is 15.5 Å². The monoisotopic (exact) mass is 226 g/mol. The topological polar surface area (TPSA) is 51.0 Å². The zero-order valence-corrected chi connectivity index (χ0v) is 8.71. The molecule has 1 atom stereocenters. The van der Waals surface area contributed by atoms with E-state index in [-0.39, 0.29) is 0 Å². The van der Waals surface area contributed by atoms with Crippen LogP contribution in [0.5, 0.6) is 5.75 Å². The van der Waals surface area contributed by atoms with Gasteiger partial charge in [0.1, 0.15) is 5.75 Å². The summed E-state index contributed by atoms with van der Waals surface area (Å²) >= 11 is 0. The van der Waals surface area contributed by atoms with Crippen molar-refractivity contribution in [2.45, 2.75) is 12.5 Å². The molecule has 0 radical (unpaired) electrons. The molecule has 0 amide bonds. The van der Waals surface area contributed by atoms with E-state index in [1.165, 1.54) is 13.3 Å². The number of H-pyrrole nitrogens is 1. The number of rotatable bonds is 3. The molecule has 1 heterocycles. The molecule has 0 unspecified atom stereocenters. The van der Waals surface area contributed by atoms with Crippen LogP contribution in [0.3, 0.4) is 0 Å². The smallest absolute Gasteiger partial charge is 0.257 e. The molecule has 86 valence electrons. The van der Waals surface area contributed by atoms with Crippen LogP contribution in [0.2, 0.25) is 0 Å². The van der Waals surface area contributed by atoms with Gasteiger partial charge in [-0.1, -0.05) is 0 Å². The maximum Gasteiger partial charge on any atom is 0.257 e. The van der Waals surface area contributed by atoms with Crippen LogP contribution >= 0.6 is 0 Å². The lowest BCUT2D eigenvalue weighted by Crippen LogP contribution is -2.18. The minimum atomic E-state index is -2.58. The summed E-state index contributed by atoms with van der Waals surface area (Å²) < 4.78 is 30.1. The van der Waals surface area contributed by atoms with E-state index < -0.39 is 12.5 Å². The second kappa shape index (κ2) is 4.09. The number of halogens is 2. The average Bonchev–Trinajstić information content (AvgIpc) is 2.70. The van der Waals surface area contributed by atoms with Crippen molar-refractivity contribution in [1.82, 2.24) is 4.98 Å². The first-order valence-corrected chi connectivity index (χ1v) is 4.82. The third-order valence-corrected chi connectivity index (χ3v) is 2.55. The second-order valence-corrected chi connectivity index (χ2v) is 3.52. The second-order valence-electron chi connectivity index (χ2n) is 3.52. The lowest BCUT2D eigenvalue weighted by atomic mass is 10.1. The minimum absolute atomic E-state index is 0.406. The van der Waals surface area contributed by atoms with E-state index in [0.717, 1.165) is 5.52 Å². The predicted molar refractivity (Wildman–Crippen MR) is 57.8 cm³/mol. The van der Waals surface area contributed by atoms with Crippen molar-refractivity contribution < 1.29 is 13.5 Å². The number of alkyl halides is 2. The Kier molecular flexibility index (Phi) is 2.78. The van der Waals surface area contributed by atoms with Crippen molar-refractivity contribution >= 4 is 10.9 Å². The maximum atomic E-state index is 12.5. The highest BCUT2D eigenvalue weighted by Crippen LogP contribution is 2.29. The number of aromatic nitrogens is 1. The van der Waals surface area contributed by atoms with Gasteiger partial charge in [0.15, 0.2) is 0 Å². The lowest BCUT2D eigenvalue weighted by Gasteiger charge is -2.09. The largest absolute Gasteiger partial charge is 0.497 e. The van der Waals surface area contributed by atoms with Gasteiger partial charge >= 0.3 is 0 Å². The lowest BCUT2D eigenvalue weighted by molar-refractivity contribution is 0.117. The number of hydrogen-bond acceptors (Lipinski definition) is 2. The number of aromatic amines is 1. The van der Waals surface area contributed by atoms with Gasteiger partial charge in [0.2, 0.25) is 0 Å². The first-order chi connectivity index (χ1) is 7.63. The average molecular weight is 226 g/mol. The van der Waals surface area contributed by atoms with Crippen molar-refractivity contribution in [2.75, 3.05) is 7.11 Å². The zero-order chi connectivity index (χ0) is 11.7. The first-order valence-electron chi connectivity index (χ1n) is 4.82. The molecule has 5 heteroatoms. The van der Waals surface area contributed by atoms with Crippen molar-refractivity contribution in [1.29, 1.82) is 0 Å². The third kappa shape index (κ3) is 1.74. The van der Waals surface area contributed by atoms with Crippen LogP contribution in [0.1, 0.15) is 11.6 Å². The zero-order valence-electron chi connectivity index (χ0n) is 8.71. The van der Waals surface area contributed by atoms with Crippen LogP contribution in [-0.2, 0) is 0 Å². The van der Waals surface area contributed by atoms with Crippen LogP contribution in [0.25, 0.3) is 10.9 Å². The Labute approximate surface area is 91.2 Å². The third-order valence-electron chi connectivity index (χ3n) is 2.55. The van der Waals surface area contributed by atoms with Crippen molar-refractivity contribution in [3.8, 4) is 5.75 Å². The highest BCUT2D eigenvalue weighted by Gasteiger charge is 2.20. The Morgan fingerprint density at radius 3 is 2.75 bits per heavy atom. The Balaban J connectivity index is 2.53. The van der Waals surface area contributed by atoms with Gasteiger partial charge in [-0.25, -0.2) is 8.78 Å². The number of fused-ring (bicyclic) bond motifs is 1. The van der Waals surface area contributed by atoms with E-state index in [4.69, 9.17) is 10.5 Å². The molecule has 16 heavy (non-hydrogen) atoms. The Morgan fingerprint density at radius 2 is 2.12 bits per heavy atom. The van der Waals surface area contributed by atoms with Crippen LogP contribution in [0.4, 0.5) is 8.78 Å². The normalized spacial score (nSPS) is 13.3. The molecular formula is C11H12F2N2O.